The molecular weight excluding hydrogens is 256 g/mol. The molecule has 1 aromatic rings. The van der Waals surface area contributed by atoms with Gasteiger partial charge >= 0.3 is 0 Å². The molecule has 2 rings (SSSR count). The number of hydrogen-bond acceptors (Lipinski definition) is 3. The van der Waals surface area contributed by atoms with Gasteiger partial charge < -0.3 is 11.1 Å². The van der Waals surface area contributed by atoms with Crippen LogP contribution in [0.1, 0.15) is 32.6 Å². The number of thioether (sulfide) groups is 1. The molecule has 3 N–H and O–H groups in total. The van der Waals surface area contributed by atoms with Crippen molar-refractivity contribution in [3.8, 4) is 0 Å². The topological polar surface area (TPSA) is 55.1 Å². The lowest BCUT2D eigenvalue weighted by Crippen LogP contribution is -2.41. The maximum absolute atomic E-state index is 11.9. The summed E-state index contributed by atoms with van der Waals surface area (Å²) in [4.78, 5) is 13.0. The van der Waals surface area contributed by atoms with E-state index in [1.54, 1.807) is 11.8 Å². The van der Waals surface area contributed by atoms with Crippen LogP contribution in [-0.4, -0.2) is 17.7 Å². The highest BCUT2D eigenvalue weighted by molar-refractivity contribution is 8.00. The molecule has 1 aliphatic carbocycles. The molecule has 19 heavy (non-hydrogen) atoms. The molecule has 2 unspecified atom stereocenters. The highest BCUT2D eigenvalue weighted by Crippen LogP contribution is 2.24. The first-order chi connectivity index (χ1) is 9.15. The molecule has 104 valence electrons. The van der Waals surface area contributed by atoms with E-state index in [-0.39, 0.29) is 5.91 Å². The Morgan fingerprint density at radius 3 is 2.68 bits per heavy atom. The number of carbonyl (C=O) groups is 1. The summed E-state index contributed by atoms with van der Waals surface area (Å²) in [6.07, 6.45) is 4.89. The predicted octanol–water partition coefficient (Wildman–Crippen LogP) is 3.06. The number of nitrogen functional groups attached to an aromatic ring is 1. The van der Waals surface area contributed by atoms with E-state index in [2.05, 4.69) is 12.2 Å². The van der Waals surface area contributed by atoms with Gasteiger partial charge in [-0.25, -0.2) is 0 Å². The first-order valence-corrected chi connectivity index (χ1v) is 7.91. The highest BCUT2D eigenvalue weighted by atomic mass is 32.2. The van der Waals surface area contributed by atoms with Crippen LogP contribution in [0.15, 0.2) is 29.2 Å². The van der Waals surface area contributed by atoms with Crippen molar-refractivity contribution in [2.45, 2.75) is 43.5 Å². The number of amides is 1. The second kappa shape index (κ2) is 6.85. The minimum absolute atomic E-state index is 0.139. The summed E-state index contributed by atoms with van der Waals surface area (Å²) in [5.41, 5.74) is 6.39. The molecule has 1 amide bonds. The average Bonchev–Trinajstić information content (AvgIpc) is 2.41. The van der Waals surface area contributed by atoms with Gasteiger partial charge in [0.2, 0.25) is 5.91 Å². The summed E-state index contributed by atoms with van der Waals surface area (Å²) in [5.74, 6) is 1.23. The Hall–Kier alpha value is -1.16. The standard InChI is InChI=1S/C15H22N2OS/c1-11-4-2-3-5-14(11)17-15(18)10-19-13-8-6-12(16)7-9-13/h6-9,11,14H,2-5,10,16H2,1H3,(H,17,18). The smallest absolute Gasteiger partial charge is 0.230 e. The van der Waals surface area contributed by atoms with Crippen LogP contribution in [-0.2, 0) is 4.79 Å². The Morgan fingerprint density at radius 2 is 2.00 bits per heavy atom. The van der Waals surface area contributed by atoms with Crippen molar-refractivity contribution in [2.24, 2.45) is 5.92 Å². The maximum Gasteiger partial charge on any atom is 0.230 e. The van der Waals surface area contributed by atoms with E-state index < -0.39 is 0 Å². The lowest BCUT2D eigenvalue weighted by Gasteiger charge is -2.29. The second-order valence-corrected chi connectivity index (χ2v) is 6.34. The van der Waals surface area contributed by atoms with Crippen LogP contribution < -0.4 is 11.1 Å². The van der Waals surface area contributed by atoms with E-state index in [9.17, 15) is 4.79 Å². The largest absolute Gasteiger partial charge is 0.399 e. The molecule has 1 fully saturated rings. The lowest BCUT2D eigenvalue weighted by molar-refractivity contribution is -0.119. The Kier molecular flexibility index (Phi) is 5.14. The van der Waals surface area contributed by atoms with Crippen molar-refractivity contribution in [3.05, 3.63) is 24.3 Å². The Bertz CT molecular complexity index is 419. The Labute approximate surface area is 119 Å². The minimum atomic E-state index is 0.139. The normalized spacial score (nSPS) is 23.0. The molecule has 0 heterocycles. The summed E-state index contributed by atoms with van der Waals surface area (Å²) in [5, 5.41) is 3.17. The fourth-order valence-corrected chi connectivity index (χ4v) is 3.20. The van der Waals surface area contributed by atoms with E-state index in [1.165, 1.54) is 19.3 Å². The number of carbonyl (C=O) groups excluding carboxylic acids is 1. The van der Waals surface area contributed by atoms with Gasteiger partial charge in [-0.1, -0.05) is 19.8 Å². The predicted molar refractivity (Wildman–Crippen MR) is 81.1 cm³/mol. The van der Waals surface area contributed by atoms with Crippen LogP contribution in [0.25, 0.3) is 0 Å². The zero-order chi connectivity index (χ0) is 13.7. The van der Waals surface area contributed by atoms with E-state index >= 15 is 0 Å². The minimum Gasteiger partial charge on any atom is -0.399 e. The van der Waals surface area contributed by atoms with Gasteiger partial charge in [0, 0.05) is 16.6 Å². The van der Waals surface area contributed by atoms with Gasteiger partial charge in [0.25, 0.3) is 0 Å². The number of hydrogen-bond donors (Lipinski definition) is 2. The van der Waals surface area contributed by atoms with Crippen LogP contribution in [0.3, 0.4) is 0 Å². The number of nitrogens with one attached hydrogen (secondary N) is 1. The fraction of sp³-hybridized carbons (Fsp3) is 0.533. The molecule has 0 aliphatic heterocycles. The zero-order valence-corrected chi connectivity index (χ0v) is 12.2. The monoisotopic (exact) mass is 278 g/mol. The lowest BCUT2D eigenvalue weighted by atomic mass is 9.86. The molecule has 3 nitrogen and oxygen atoms in total. The van der Waals surface area contributed by atoms with Crippen LogP contribution in [0.5, 0.6) is 0 Å². The average molecular weight is 278 g/mol. The number of anilines is 1. The van der Waals surface area contributed by atoms with Crippen molar-refractivity contribution in [1.29, 1.82) is 0 Å². The molecular formula is C15H22N2OS. The molecule has 0 bridgehead atoms. The molecule has 1 aromatic carbocycles. The van der Waals surface area contributed by atoms with Gasteiger partial charge in [0.05, 0.1) is 5.75 Å². The van der Waals surface area contributed by atoms with Crippen LogP contribution in [0.4, 0.5) is 5.69 Å². The SMILES string of the molecule is CC1CCCCC1NC(=O)CSc1ccc(N)cc1. The fourth-order valence-electron chi connectivity index (χ4n) is 2.49. The van der Waals surface area contributed by atoms with Crippen LogP contribution >= 0.6 is 11.8 Å². The van der Waals surface area contributed by atoms with Gasteiger partial charge in [-0.3, -0.25) is 4.79 Å². The summed E-state index contributed by atoms with van der Waals surface area (Å²) < 4.78 is 0. The van der Waals surface area contributed by atoms with Crippen molar-refractivity contribution in [1.82, 2.24) is 5.32 Å². The van der Waals surface area contributed by atoms with Crippen LogP contribution in [0, 0.1) is 5.92 Å². The summed E-state index contributed by atoms with van der Waals surface area (Å²) >= 11 is 1.56. The molecule has 1 aliphatic rings. The van der Waals surface area contributed by atoms with Crippen molar-refractivity contribution in [2.75, 3.05) is 11.5 Å². The number of rotatable bonds is 4. The molecule has 0 aromatic heterocycles. The molecule has 1 saturated carbocycles. The molecule has 4 heteroatoms. The Morgan fingerprint density at radius 1 is 1.32 bits per heavy atom. The molecule has 0 radical (unpaired) electrons. The number of benzene rings is 1. The van der Waals surface area contributed by atoms with Gasteiger partial charge in [-0.2, -0.15) is 0 Å². The van der Waals surface area contributed by atoms with Gasteiger partial charge in [-0.05, 0) is 43.0 Å². The summed E-state index contributed by atoms with van der Waals surface area (Å²) in [6, 6.07) is 8.01. The van der Waals surface area contributed by atoms with E-state index in [1.807, 2.05) is 24.3 Å². The second-order valence-electron chi connectivity index (χ2n) is 5.29. The Balaban J connectivity index is 1.76. The third-order valence-electron chi connectivity index (χ3n) is 3.71. The third kappa shape index (κ3) is 4.46. The van der Waals surface area contributed by atoms with E-state index in [0.717, 1.165) is 17.0 Å². The maximum atomic E-state index is 11.9. The first-order valence-electron chi connectivity index (χ1n) is 6.93. The molecule has 2 atom stereocenters. The van der Waals surface area contributed by atoms with Crippen molar-refractivity contribution < 1.29 is 4.79 Å². The van der Waals surface area contributed by atoms with Crippen molar-refractivity contribution in [3.63, 3.8) is 0 Å². The zero-order valence-electron chi connectivity index (χ0n) is 11.4. The number of nitrogens with two attached hydrogens (primary N) is 1. The van der Waals surface area contributed by atoms with Crippen molar-refractivity contribution >= 4 is 23.4 Å². The van der Waals surface area contributed by atoms with E-state index in [4.69, 9.17) is 5.73 Å². The summed E-state index contributed by atoms with van der Waals surface area (Å²) in [6.45, 7) is 2.23. The quantitative estimate of drug-likeness (QED) is 0.657. The van der Waals surface area contributed by atoms with Gasteiger partial charge in [-0.15, -0.1) is 11.8 Å². The van der Waals surface area contributed by atoms with Gasteiger partial charge in [0.15, 0.2) is 0 Å². The summed E-state index contributed by atoms with van der Waals surface area (Å²) in [7, 11) is 0. The third-order valence-corrected chi connectivity index (χ3v) is 4.72. The molecule has 0 spiro atoms. The first kappa shape index (κ1) is 14.3. The van der Waals surface area contributed by atoms with E-state index in [0.29, 0.717) is 17.7 Å². The van der Waals surface area contributed by atoms with Crippen LogP contribution in [0.2, 0.25) is 0 Å². The van der Waals surface area contributed by atoms with Gasteiger partial charge in [0.1, 0.15) is 0 Å². The molecule has 0 saturated heterocycles. The highest BCUT2D eigenvalue weighted by Gasteiger charge is 2.22.